The number of aryl methyl sites for hydroxylation is 1. The van der Waals surface area contributed by atoms with Crippen LogP contribution in [0, 0.1) is 0 Å². The van der Waals surface area contributed by atoms with Crippen molar-refractivity contribution < 1.29 is 29.3 Å². The van der Waals surface area contributed by atoms with Crippen molar-refractivity contribution in [2.45, 2.75) is 82.5 Å². The van der Waals surface area contributed by atoms with Gasteiger partial charge in [0.2, 0.25) is 0 Å². The fourth-order valence-electron chi connectivity index (χ4n) is 6.44. The molecule has 2 N–H and O–H groups in total. The van der Waals surface area contributed by atoms with Gasteiger partial charge in [-0.2, -0.15) is 5.10 Å². The van der Waals surface area contributed by atoms with Crippen LogP contribution in [0.25, 0.3) is 27.6 Å². The first-order valence-corrected chi connectivity index (χ1v) is 15.7. The van der Waals surface area contributed by atoms with Crippen LogP contribution in [0.2, 0.25) is 0 Å². The zero-order chi connectivity index (χ0) is 36.5. The highest BCUT2D eigenvalue weighted by atomic mass is 16.6. The number of rotatable bonds is 7. The second-order valence-electron chi connectivity index (χ2n) is 13.2. The van der Waals surface area contributed by atoms with Gasteiger partial charge in [-0.1, -0.05) is 6.08 Å². The number of aromatic nitrogens is 6. The highest BCUT2D eigenvalue weighted by molar-refractivity contribution is 5.94. The number of carbonyl (C=O) groups is 2. The zero-order valence-corrected chi connectivity index (χ0v) is 26.8. The monoisotopic (exact) mass is 648 g/mol. The summed E-state index contributed by atoms with van der Waals surface area (Å²) in [4.78, 5) is 48.6. The summed E-state index contributed by atoms with van der Waals surface area (Å²) in [6, 6.07) is 1.45. The number of ether oxygens (including phenoxy) is 3. The van der Waals surface area contributed by atoms with E-state index in [1.165, 1.54) is 17.9 Å². The Morgan fingerprint density at radius 1 is 1.17 bits per heavy atom. The van der Waals surface area contributed by atoms with E-state index in [9.17, 15) is 14.4 Å². The topological polar surface area (TPSA) is 156 Å². The number of esters is 1. The number of nitrogens with zero attached hydrogens (tertiary/aromatic N) is 6. The molecule has 0 spiro atoms. The summed E-state index contributed by atoms with van der Waals surface area (Å²) >= 11 is 0. The third-order valence-corrected chi connectivity index (χ3v) is 8.87. The van der Waals surface area contributed by atoms with Gasteiger partial charge in [-0.05, 0) is 76.5 Å². The maximum absolute atomic E-state index is 13.8. The quantitative estimate of drug-likeness (QED) is 0.277. The third-order valence-electron chi connectivity index (χ3n) is 8.87. The molecule has 14 heteroatoms. The molecule has 1 amide bonds. The number of fused-ring (bicyclic) bond motifs is 2. The van der Waals surface area contributed by atoms with Crippen molar-refractivity contribution in [2.24, 2.45) is 6.98 Å². The molecule has 1 aliphatic heterocycles. The van der Waals surface area contributed by atoms with Gasteiger partial charge in [-0.3, -0.25) is 9.13 Å². The molecule has 2 aliphatic carbocycles. The van der Waals surface area contributed by atoms with Gasteiger partial charge in [-0.25, -0.2) is 29.0 Å². The van der Waals surface area contributed by atoms with Crippen molar-refractivity contribution >= 4 is 51.3 Å². The fraction of sp³-hybridized carbons (Fsp3) is 0.515. The minimum absolute atomic E-state index is 0.0526. The molecule has 47 heavy (non-hydrogen) atoms. The lowest BCUT2D eigenvalue weighted by atomic mass is 9.99. The van der Waals surface area contributed by atoms with Gasteiger partial charge < -0.3 is 24.8 Å². The van der Waals surface area contributed by atoms with Crippen LogP contribution in [-0.2, 0) is 31.5 Å². The SMILES string of the molecule is [2H]C1(NC(=O)OC)CC[C@@H](n2c(=O)n(C([2H])([2H])[2H])c3cnc(Nc4cc(C5=CCOCC5)c5cnn(C6(C(=O)OC(C)(C)C)CC6)c5n4)cc32)C1. The van der Waals surface area contributed by atoms with Crippen LogP contribution in [0.3, 0.4) is 0 Å². The van der Waals surface area contributed by atoms with Crippen LogP contribution >= 0.6 is 0 Å². The van der Waals surface area contributed by atoms with Crippen molar-refractivity contribution in [3.05, 3.63) is 46.7 Å². The van der Waals surface area contributed by atoms with E-state index in [1.54, 1.807) is 16.9 Å². The van der Waals surface area contributed by atoms with Gasteiger partial charge >= 0.3 is 17.8 Å². The molecular formula is C33H40N8O6. The number of carbonyl (C=O) groups excluding carboxylic acids is 2. The predicted molar refractivity (Wildman–Crippen MR) is 174 cm³/mol. The Hall–Kier alpha value is -4.72. The van der Waals surface area contributed by atoms with Crippen molar-refractivity contribution in [1.29, 1.82) is 0 Å². The normalized spacial score (nSPS) is 23.7. The maximum atomic E-state index is 13.8. The fourth-order valence-corrected chi connectivity index (χ4v) is 6.44. The molecular weight excluding hydrogens is 604 g/mol. The molecule has 0 radical (unpaired) electrons. The number of amides is 1. The number of nitrogens with one attached hydrogen (secondary N) is 2. The molecule has 0 saturated heterocycles. The Morgan fingerprint density at radius 3 is 2.70 bits per heavy atom. The Morgan fingerprint density at radius 2 is 2.00 bits per heavy atom. The molecule has 7 rings (SSSR count). The van der Waals surface area contributed by atoms with Gasteiger partial charge in [-0.15, -0.1) is 0 Å². The average Bonchev–Trinajstić information content (AvgIpc) is 3.47. The molecule has 2 saturated carbocycles. The Kier molecular flexibility index (Phi) is 6.46. The number of alkyl carbamates (subject to hydrolysis) is 1. The highest BCUT2D eigenvalue weighted by Crippen LogP contribution is 2.47. The van der Waals surface area contributed by atoms with Crippen LogP contribution < -0.4 is 16.3 Å². The smallest absolute Gasteiger partial charge is 0.407 e. The minimum Gasteiger partial charge on any atom is -0.458 e. The number of hydrogen-bond acceptors (Lipinski definition) is 10. The number of imidazole rings is 1. The summed E-state index contributed by atoms with van der Waals surface area (Å²) in [5.41, 5.74) is 0.322. The Balaban J connectivity index is 1.31. The van der Waals surface area contributed by atoms with E-state index < -0.39 is 42.0 Å². The first-order chi connectivity index (χ1) is 24.0. The van der Waals surface area contributed by atoms with E-state index in [1.807, 2.05) is 32.9 Å². The molecule has 4 aromatic heterocycles. The van der Waals surface area contributed by atoms with Crippen LogP contribution in [0.15, 0.2) is 35.4 Å². The van der Waals surface area contributed by atoms with E-state index in [4.69, 9.17) is 19.9 Å². The van der Waals surface area contributed by atoms with Crippen LogP contribution in [0.1, 0.15) is 76.4 Å². The van der Waals surface area contributed by atoms with Gasteiger partial charge in [0.05, 0.1) is 45.1 Å². The molecule has 14 nitrogen and oxygen atoms in total. The number of anilines is 2. The standard InChI is InChI=1S/C33H40N8O6/c1-32(2,3)47-29(42)33(10-11-33)41-28-23(17-35-41)22(19-8-12-46-13-9-19)15-27(38-28)37-26-16-24-25(18-34-26)39(4)31(44)40(24)21-7-6-20(14-21)36-30(43)45-5/h8,15-18,20-21H,6-7,9-14H2,1-5H3,(H,36,43)(H,34,37,38)/t20?,21-/m1/s1/i4D3,20D. The van der Waals surface area contributed by atoms with Gasteiger partial charge in [0.25, 0.3) is 0 Å². The first kappa shape index (κ1) is 26.4. The summed E-state index contributed by atoms with van der Waals surface area (Å²) < 4.78 is 52.9. The Bertz CT molecular complexity index is 2140. The molecule has 0 bridgehead atoms. The molecule has 4 aromatic rings. The van der Waals surface area contributed by atoms with Crippen molar-refractivity contribution in [2.75, 3.05) is 25.6 Å². The second-order valence-corrected chi connectivity index (χ2v) is 13.2. The predicted octanol–water partition coefficient (Wildman–Crippen LogP) is 4.31. The molecule has 248 valence electrons. The lowest BCUT2D eigenvalue weighted by molar-refractivity contribution is -0.161. The molecule has 0 aromatic carbocycles. The second kappa shape index (κ2) is 11.5. The minimum atomic E-state index is -2.80. The zero-order valence-electron chi connectivity index (χ0n) is 30.8. The largest absolute Gasteiger partial charge is 0.458 e. The van der Waals surface area contributed by atoms with E-state index in [0.29, 0.717) is 55.9 Å². The lowest BCUT2D eigenvalue weighted by Gasteiger charge is -2.24. The molecule has 1 unspecified atom stereocenters. The summed E-state index contributed by atoms with van der Waals surface area (Å²) in [6.07, 6.45) is 6.65. The molecule has 3 aliphatic rings. The number of pyridine rings is 2. The third kappa shape index (κ3) is 5.64. The summed E-state index contributed by atoms with van der Waals surface area (Å²) in [7, 11) is 1.20. The first-order valence-electron chi connectivity index (χ1n) is 17.7. The number of hydrogen-bond donors (Lipinski definition) is 2. The van der Waals surface area contributed by atoms with Gasteiger partial charge in [0, 0.05) is 34.6 Å². The lowest BCUT2D eigenvalue weighted by Crippen LogP contribution is -2.36. The summed E-state index contributed by atoms with van der Waals surface area (Å²) in [5, 5.41) is 11.2. The van der Waals surface area contributed by atoms with Crippen LogP contribution in [0.4, 0.5) is 16.4 Å². The van der Waals surface area contributed by atoms with E-state index in [2.05, 4.69) is 25.5 Å². The maximum Gasteiger partial charge on any atom is 0.407 e. The highest BCUT2D eigenvalue weighted by Gasteiger charge is 2.56. The van der Waals surface area contributed by atoms with Crippen LogP contribution in [-0.4, -0.2) is 72.9 Å². The average molecular weight is 649 g/mol. The van der Waals surface area contributed by atoms with Crippen LogP contribution in [0.5, 0.6) is 0 Å². The Labute approximate surface area is 276 Å². The van der Waals surface area contributed by atoms with Crippen molar-refractivity contribution in [1.82, 2.24) is 34.2 Å². The summed E-state index contributed by atoms with van der Waals surface area (Å²) in [6.45, 7) is 3.65. The molecule has 2 fully saturated rings. The van der Waals surface area contributed by atoms with Gasteiger partial charge in [0.15, 0.2) is 11.2 Å². The van der Waals surface area contributed by atoms with Crippen molar-refractivity contribution in [3.63, 3.8) is 0 Å². The molecule has 2 atom stereocenters. The molecule has 5 heterocycles. The van der Waals surface area contributed by atoms with E-state index in [0.717, 1.165) is 21.1 Å². The van der Waals surface area contributed by atoms with Crippen molar-refractivity contribution in [3.8, 4) is 0 Å². The summed E-state index contributed by atoms with van der Waals surface area (Å²) in [5.74, 6) is 0.289. The van der Waals surface area contributed by atoms with E-state index in [-0.39, 0.29) is 30.1 Å². The van der Waals surface area contributed by atoms with E-state index >= 15 is 0 Å². The van der Waals surface area contributed by atoms with Gasteiger partial charge in [0.1, 0.15) is 17.2 Å². The number of methoxy groups -OCH3 is 1.